The second-order valence-corrected chi connectivity index (χ2v) is 6.37. The van der Waals surface area contributed by atoms with Crippen molar-refractivity contribution in [1.82, 2.24) is 0 Å². The van der Waals surface area contributed by atoms with Gasteiger partial charge in [0.25, 0.3) is 0 Å². The predicted octanol–water partition coefficient (Wildman–Crippen LogP) is 3.04. The third-order valence-electron chi connectivity index (χ3n) is 3.17. The molecule has 1 heterocycles. The largest absolute Gasteiger partial charge is 0.472 e. The van der Waals surface area contributed by atoms with Gasteiger partial charge in [-0.05, 0) is 33.6 Å². The minimum absolute atomic E-state index is 0.139. The molecule has 1 aliphatic heterocycles. The molecule has 0 bridgehead atoms. The molecule has 1 aliphatic rings. The zero-order valence-corrected chi connectivity index (χ0v) is 11.5. The number of halogens is 1. The van der Waals surface area contributed by atoms with Gasteiger partial charge < -0.3 is 9.31 Å². The fourth-order valence-electron chi connectivity index (χ4n) is 1.33. The zero-order chi connectivity index (χ0) is 11.1. The number of hydrogen-bond acceptors (Lipinski definition) is 2. The molecule has 14 heavy (non-hydrogen) atoms. The smallest absolute Gasteiger partial charge is 0.402 e. The van der Waals surface area contributed by atoms with E-state index in [-0.39, 0.29) is 23.0 Å². The van der Waals surface area contributed by atoms with E-state index in [1.165, 1.54) is 0 Å². The van der Waals surface area contributed by atoms with Gasteiger partial charge in [0.1, 0.15) is 0 Å². The number of hydrogen-bond donors (Lipinski definition) is 0. The summed E-state index contributed by atoms with van der Waals surface area (Å²) in [6.45, 7) is 12.6. The van der Waals surface area contributed by atoms with Crippen LogP contribution in [0.5, 0.6) is 0 Å². The lowest BCUT2D eigenvalue weighted by molar-refractivity contribution is 0.00578. The summed E-state index contributed by atoms with van der Waals surface area (Å²) < 4.78 is 12.1. The van der Waals surface area contributed by atoms with Crippen LogP contribution < -0.4 is 0 Å². The van der Waals surface area contributed by atoms with E-state index in [0.717, 1.165) is 0 Å². The molecule has 0 aromatic rings. The SMILES string of the molecule is CC(C)[C@H](Br)B1OC(C)(C)C(C)(C)O1. The number of rotatable bonds is 2. The Morgan fingerprint density at radius 1 is 1.00 bits per heavy atom. The topological polar surface area (TPSA) is 18.5 Å². The van der Waals surface area contributed by atoms with E-state index in [4.69, 9.17) is 9.31 Å². The van der Waals surface area contributed by atoms with Crippen LogP contribution >= 0.6 is 15.9 Å². The van der Waals surface area contributed by atoms with Gasteiger partial charge in [-0.3, -0.25) is 0 Å². The Kier molecular flexibility index (Phi) is 3.40. The van der Waals surface area contributed by atoms with Crippen LogP contribution in [0.3, 0.4) is 0 Å². The van der Waals surface area contributed by atoms with Gasteiger partial charge in [0, 0.05) is 0 Å². The Labute approximate surface area is 96.0 Å². The molecule has 0 saturated carbocycles. The highest BCUT2D eigenvalue weighted by atomic mass is 79.9. The van der Waals surface area contributed by atoms with Crippen LogP contribution in [0.25, 0.3) is 0 Å². The van der Waals surface area contributed by atoms with E-state index >= 15 is 0 Å². The first kappa shape index (κ1) is 12.5. The van der Waals surface area contributed by atoms with Crippen LogP contribution in [0.2, 0.25) is 0 Å². The summed E-state index contributed by atoms with van der Waals surface area (Å²) in [6.07, 6.45) is 0. The van der Waals surface area contributed by atoms with Crippen molar-refractivity contribution in [3.05, 3.63) is 0 Å². The van der Waals surface area contributed by atoms with Crippen LogP contribution in [0, 0.1) is 5.92 Å². The molecule has 0 spiro atoms. The van der Waals surface area contributed by atoms with Gasteiger partial charge in [-0.25, -0.2) is 0 Å². The lowest BCUT2D eigenvalue weighted by Gasteiger charge is -2.32. The minimum atomic E-state index is -0.224. The van der Waals surface area contributed by atoms with Crippen molar-refractivity contribution in [1.29, 1.82) is 0 Å². The van der Waals surface area contributed by atoms with Gasteiger partial charge in [0.05, 0.1) is 15.9 Å². The fraction of sp³-hybridized carbons (Fsp3) is 1.00. The summed E-state index contributed by atoms with van der Waals surface area (Å²) >= 11 is 3.62. The Bertz CT molecular complexity index is 200. The molecule has 0 amide bonds. The van der Waals surface area contributed by atoms with E-state index in [0.29, 0.717) is 5.92 Å². The van der Waals surface area contributed by atoms with Crippen LogP contribution in [0.15, 0.2) is 0 Å². The Balaban J connectivity index is 2.73. The molecule has 0 aromatic heterocycles. The third-order valence-corrected chi connectivity index (χ3v) is 4.66. The highest BCUT2D eigenvalue weighted by Gasteiger charge is 2.53. The predicted molar refractivity (Wildman–Crippen MR) is 63.6 cm³/mol. The Morgan fingerprint density at radius 2 is 1.36 bits per heavy atom. The summed E-state index contributed by atoms with van der Waals surface area (Å²) in [5.74, 6) is 0.504. The molecule has 0 radical (unpaired) electrons. The van der Waals surface area contributed by atoms with Crippen molar-refractivity contribution in [3.8, 4) is 0 Å². The van der Waals surface area contributed by atoms with Crippen molar-refractivity contribution in [2.45, 2.75) is 57.5 Å². The maximum Gasteiger partial charge on any atom is 0.472 e. The van der Waals surface area contributed by atoms with Crippen LogP contribution in [-0.2, 0) is 9.31 Å². The van der Waals surface area contributed by atoms with Crippen LogP contribution in [0.4, 0.5) is 0 Å². The second kappa shape index (κ2) is 3.80. The van der Waals surface area contributed by atoms with E-state index in [2.05, 4.69) is 57.5 Å². The van der Waals surface area contributed by atoms with Gasteiger partial charge in [0.15, 0.2) is 0 Å². The lowest BCUT2D eigenvalue weighted by atomic mass is 9.78. The molecule has 1 saturated heterocycles. The quantitative estimate of drug-likeness (QED) is 0.563. The standard InChI is InChI=1S/C10H20BBrO2/c1-7(2)8(12)11-13-9(3,4)10(5,6)14-11/h7-8H,1-6H3/t8-/m0/s1. The van der Waals surface area contributed by atoms with Gasteiger partial charge in [-0.15, -0.1) is 0 Å². The van der Waals surface area contributed by atoms with Crippen molar-refractivity contribution in [3.63, 3.8) is 0 Å². The highest BCUT2D eigenvalue weighted by Crippen LogP contribution is 2.39. The first-order valence-corrected chi connectivity index (χ1v) is 6.08. The molecule has 1 atom stereocenters. The summed E-state index contributed by atoms with van der Waals surface area (Å²) in [7, 11) is -0.139. The Morgan fingerprint density at radius 3 is 1.64 bits per heavy atom. The van der Waals surface area contributed by atoms with E-state index in [1.54, 1.807) is 0 Å². The van der Waals surface area contributed by atoms with Crippen molar-refractivity contribution >= 4 is 23.0 Å². The summed E-state index contributed by atoms with van der Waals surface area (Å²) in [6, 6.07) is 0. The second-order valence-electron chi connectivity index (χ2n) is 5.31. The van der Waals surface area contributed by atoms with Gasteiger partial charge in [0.2, 0.25) is 0 Å². The lowest BCUT2D eigenvalue weighted by Crippen LogP contribution is -2.41. The molecule has 0 aliphatic carbocycles. The molecule has 2 nitrogen and oxygen atoms in total. The molecule has 4 heteroatoms. The monoisotopic (exact) mass is 262 g/mol. The first-order valence-electron chi connectivity index (χ1n) is 5.17. The molecule has 0 unspecified atom stereocenters. The summed E-state index contributed by atoms with van der Waals surface area (Å²) in [5, 5.41) is 0. The third kappa shape index (κ3) is 2.17. The average Bonchev–Trinajstić information content (AvgIpc) is 2.20. The number of alkyl halides is 1. The summed E-state index contributed by atoms with van der Waals surface area (Å²) in [4.78, 5) is 0. The summed E-state index contributed by atoms with van der Waals surface area (Å²) in [5.41, 5.74) is -0.447. The van der Waals surface area contributed by atoms with Crippen molar-refractivity contribution in [2.75, 3.05) is 0 Å². The highest BCUT2D eigenvalue weighted by molar-refractivity contribution is 9.10. The molecular weight excluding hydrogens is 243 g/mol. The van der Waals surface area contributed by atoms with Crippen molar-refractivity contribution < 1.29 is 9.31 Å². The first-order chi connectivity index (χ1) is 6.17. The average molecular weight is 263 g/mol. The normalized spacial score (nSPS) is 27.0. The van der Waals surface area contributed by atoms with Gasteiger partial charge in [-0.1, -0.05) is 29.8 Å². The molecule has 0 aromatic carbocycles. The van der Waals surface area contributed by atoms with E-state index < -0.39 is 0 Å². The van der Waals surface area contributed by atoms with Crippen LogP contribution in [-0.4, -0.2) is 23.0 Å². The fourth-order valence-corrected chi connectivity index (χ4v) is 1.55. The van der Waals surface area contributed by atoms with Crippen LogP contribution in [0.1, 0.15) is 41.5 Å². The maximum absolute atomic E-state index is 5.92. The van der Waals surface area contributed by atoms with Gasteiger partial charge >= 0.3 is 7.12 Å². The molecule has 1 fully saturated rings. The van der Waals surface area contributed by atoms with E-state index in [1.807, 2.05) is 0 Å². The minimum Gasteiger partial charge on any atom is -0.402 e. The molecule has 82 valence electrons. The molecule has 0 N–H and O–H groups in total. The van der Waals surface area contributed by atoms with Gasteiger partial charge in [-0.2, -0.15) is 0 Å². The maximum atomic E-state index is 5.92. The molecular formula is C10H20BBrO2. The zero-order valence-electron chi connectivity index (χ0n) is 9.93. The van der Waals surface area contributed by atoms with Crippen molar-refractivity contribution in [2.24, 2.45) is 5.92 Å². The Hall–Kier alpha value is 0.465. The molecule has 1 rings (SSSR count). The van der Waals surface area contributed by atoms with E-state index in [9.17, 15) is 0 Å².